The largest absolute Gasteiger partial charge is 0.316 e. The van der Waals surface area contributed by atoms with Crippen molar-refractivity contribution in [2.45, 2.75) is 25.7 Å². The van der Waals surface area contributed by atoms with Crippen molar-refractivity contribution in [3.8, 4) is 6.07 Å². The number of nitrogens with one attached hydrogen (secondary N) is 1. The molecule has 3 rings (SSSR count). The summed E-state index contributed by atoms with van der Waals surface area (Å²) in [6.45, 7) is 0. The Bertz CT molecular complexity index is 571. The molecule has 1 aliphatic carbocycles. The van der Waals surface area contributed by atoms with Gasteiger partial charge >= 0.3 is 0 Å². The molecule has 0 saturated carbocycles. The first-order valence-corrected chi connectivity index (χ1v) is 6.78. The molecule has 90 valence electrons. The van der Waals surface area contributed by atoms with Crippen LogP contribution < -0.4 is 5.32 Å². The van der Waals surface area contributed by atoms with E-state index in [-0.39, 0.29) is 0 Å². The zero-order valence-corrected chi connectivity index (χ0v) is 10.6. The lowest BCUT2D eigenvalue weighted by Crippen LogP contribution is -1.99. The maximum absolute atomic E-state index is 8.71. The van der Waals surface area contributed by atoms with E-state index in [1.165, 1.54) is 23.4 Å². The number of anilines is 2. The van der Waals surface area contributed by atoms with Crippen LogP contribution >= 0.6 is 11.3 Å². The smallest absolute Gasteiger partial charge is 0.188 e. The van der Waals surface area contributed by atoms with Gasteiger partial charge in [-0.3, -0.25) is 0 Å². The summed E-state index contributed by atoms with van der Waals surface area (Å²) in [7, 11) is 0. The van der Waals surface area contributed by atoms with E-state index < -0.39 is 0 Å². The van der Waals surface area contributed by atoms with Crippen LogP contribution in [0.15, 0.2) is 18.3 Å². The zero-order chi connectivity index (χ0) is 12.4. The Morgan fingerprint density at radius 3 is 2.89 bits per heavy atom. The topological polar surface area (TPSA) is 61.6 Å². The monoisotopic (exact) mass is 256 g/mol. The van der Waals surface area contributed by atoms with E-state index in [4.69, 9.17) is 5.26 Å². The van der Waals surface area contributed by atoms with Crippen molar-refractivity contribution in [1.29, 1.82) is 5.26 Å². The summed E-state index contributed by atoms with van der Waals surface area (Å²) in [5.74, 6) is 0.736. The number of aryl methyl sites for hydroxylation is 2. The van der Waals surface area contributed by atoms with E-state index in [0.717, 1.165) is 23.8 Å². The van der Waals surface area contributed by atoms with Crippen molar-refractivity contribution < 1.29 is 0 Å². The molecule has 0 atom stereocenters. The predicted octanol–water partition coefficient (Wildman–Crippen LogP) is 3.03. The summed E-state index contributed by atoms with van der Waals surface area (Å²) in [6, 6.07) is 5.61. The molecule has 1 aliphatic rings. The van der Waals surface area contributed by atoms with Gasteiger partial charge in [0.05, 0.1) is 11.3 Å². The highest BCUT2D eigenvalue weighted by Crippen LogP contribution is 2.30. The Morgan fingerprint density at radius 1 is 1.28 bits per heavy atom. The van der Waals surface area contributed by atoms with E-state index in [1.54, 1.807) is 29.7 Å². The molecular weight excluding hydrogens is 244 g/mol. The van der Waals surface area contributed by atoms with Crippen molar-refractivity contribution >= 4 is 22.3 Å². The molecular formula is C13H12N4S. The summed E-state index contributed by atoms with van der Waals surface area (Å²) >= 11 is 1.71. The molecule has 0 saturated heterocycles. The Hall–Kier alpha value is -1.93. The van der Waals surface area contributed by atoms with Crippen LogP contribution in [0.5, 0.6) is 0 Å². The molecule has 0 spiro atoms. The van der Waals surface area contributed by atoms with E-state index in [9.17, 15) is 0 Å². The fourth-order valence-electron chi connectivity index (χ4n) is 2.05. The molecule has 5 heteroatoms. The highest BCUT2D eigenvalue weighted by atomic mass is 32.1. The zero-order valence-electron chi connectivity index (χ0n) is 9.81. The molecule has 0 aromatic carbocycles. The third-order valence-electron chi connectivity index (χ3n) is 2.97. The molecule has 0 aliphatic heterocycles. The van der Waals surface area contributed by atoms with Gasteiger partial charge in [0.2, 0.25) is 0 Å². The minimum absolute atomic E-state index is 0.569. The third-order valence-corrected chi connectivity index (χ3v) is 4.05. The molecule has 4 nitrogen and oxygen atoms in total. The number of hydrogen-bond acceptors (Lipinski definition) is 5. The number of hydrogen-bond donors (Lipinski definition) is 1. The fraction of sp³-hybridized carbons (Fsp3) is 0.308. The molecule has 2 aromatic rings. The lowest BCUT2D eigenvalue weighted by Gasteiger charge is -2.06. The van der Waals surface area contributed by atoms with Gasteiger partial charge in [-0.2, -0.15) is 5.26 Å². The molecule has 0 bridgehead atoms. The molecule has 0 amide bonds. The van der Waals surface area contributed by atoms with Crippen LogP contribution in [0.2, 0.25) is 0 Å². The number of nitrogens with zero attached hydrogens (tertiary/aromatic N) is 3. The van der Waals surface area contributed by atoms with Crippen molar-refractivity contribution in [1.82, 2.24) is 9.97 Å². The van der Waals surface area contributed by atoms with Gasteiger partial charge in [-0.05, 0) is 37.8 Å². The average molecular weight is 256 g/mol. The third kappa shape index (κ3) is 2.20. The Balaban J connectivity index is 1.79. The van der Waals surface area contributed by atoms with Gasteiger partial charge in [0.15, 0.2) is 5.13 Å². The minimum Gasteiger partial charge on any atom is -0.316 e. The van der Waals surface area contributed by atoms with Crippen molar-refractivity contribution in [2.75, 3.05) is 5.32 Å². The van der Waals surface area contributed by atoms with E-state index in [1.807, 2.05) is 0 Å². The van der Waals surface area contributed by atoms with Gasteiger partial charge in [-0.15, -0.1) is 11.3 Å². The Kier molecular flexibility index (Phi) is 2.95. The second-order valence-electron chi connectivity index (χ2n) is 4.26. The number of fused-ring (bicyclic) bond motifs is 1. The second kappa shape index (κ2) is 4.75. The number of thiazole rings is 1. The van der Waals surface area contributed by atoms with E-state index >= 15 is 0 Å². The van der Waals surface area contributed by atoms with Crippen LogP contribution in [0.4, 0.5) is 10.9 Å². The Labute approximate surface area is 109 Å². The molecule has 1 N–H and O–H groups in total. The molecule has 0 fully saturated rings. The number of aromatic nitrogens is 2. The van der Waals surface area contributed by atoms with Crippen LogP contribution in [-0.2, 0) is 12.8 Å². The number of rotatable bonds is 2. The average Bonchev–Trinajstić information content (AvgIpc) is 2.82. The first-order chi connectivity index (χ1) is 8.85. The van der Waals surface area contributed by atoms with Gasteiger partial charge in [-0.1, -0.05) is 0 Å². The van der Waals surface area contributed by atoms with Crippen molar-refractivity contribution in [3.63, 3.8) is 0 Å². The number of nitriles is 1. The molecule has 2 aromatic heterocycles. The standard InChI is InChI=1S/C13H12N4S/c14-7-9-5-6-12(15-8-9)17-13-16-10-3-1-2-4-11(10)18-13/h5-6,8H,1-4H2,(H,15,16,17). The van der Waals surface area contributed by atoms with Crippen LogP contribution in [0, 0.1) is 11.3 Å². The summed E-state index contributed by atoms with van der Waals surface area (Å²) in [6.07, 6.45) is 6.31. The van der Waals surface area contributed by atoms with E-state index in [2.05, 4.69) is 21.4 Å². The normalized spacial score (nSPS) is 13.7. The van der Waals surface area contributed by atoms with Gasteiger partial charge in [0, 0.05) is 11.1 Å². The SMILES string of the molecule is N#Cc1ccc(Nc2nc3c(s2)CCCC3)nc1. The lowest BCUT2D eigenvalue weighted by atomic mass is 10.0. The molecule has 18 heavy (non-hydrogen) atoms. The quantitative estimate of drug-likeness (QED) is 0.897. The van der Waals surface area contributed by atoms with Gasteiger partial charge in [-0.25, -0.2) is 9.97 Å². The minimum atomic E-state index is 0.569. The van der Waals surface area contributed by atoms with Gasteiger partial charge in [0.1, 0.15) is 11.9 Å². The summed E-state index contributed by atoms with van der Waals surface area (Å²) in [5.41, 5.74) is 1.81. The van der Waals surface area contributed by atoms with Crippen molar-refractivity contribution in [3.05, 3.63) is 34.5 Å². The molecule has 0 radical (unpaired) electrons. The number of pyridine rings is 1. The lowest BCUT2D eigenvalue weighted by molar-refractivity contribution is 0.683. The Morgan fingerprint density at radius 2 is 2.17 bits per heavy atom. The van der Waals surface area contributed by atoms with Crippen molar-refractivity contribution in [2.24, 2.45) is 0 Å². The maximum atomic E-state index is 8.71. The first-order valence-electron chi connectivity index (χ1n) is 5.97. The predicted molar refractivity (Wildman–Crippen MR) is 71.0 cm³/mol. The van der Waals surface area contributed by atoms with E-state index in [0.29, 0.717) is 5.56 Å². The fourth-order valence-corrected chi connectivity index (χ4v) is 3.11. The van der Waals surface area contributed by atoms with Crippen LogP contribution in [-0.4, -0.2) is 9.97 Å². The molecule has 0 unspecified atom stereocenters. The highest BCUT2D eigenvalue weighted by Gasteiger charge is 2.15. The summed E-state index contributed by atoms with van der Waals surface area (Å²) in [5, 5.41) is 12.8. The van der Waals surface area contributed by atoms with Crippen LogP contribution in [0.1, 0.15) is 29.0 Å². The summed E-state index contributed by atoms with van der Waals surface area (Å²) in [4.78, 5) is 10.2. The highest BCUT2D eigenvalue weighted by molar-refractivity contribution is 7.15. The first kappa shape index (κ1) is 11.2. The van der Waals surface area contributed by atoms with Gasteiger partial charge in [0.25, 0.3) is 0 Å². The van der Waals surface area contributed by atoms with Crippen LogP contribution in [0.25, 0.3) is 0 Å². The second-order valence-corrected chi connectivity index (χ2v) is 5.35. The molecule has 2 heterocycles. The van der Waals surface area contributed by atoms with Crippen LogP contribution in [0.3, 0.4) is 0 Å². The van der Waals surface area contributed by atoms with Gasteiger partial charge < -0.3 is 5.32 Å². The maximum Gasteiger partial charge on any atom is 0.188 e. The summed E-state index contributed by atoms with van der Waals surface area (Å²) < 4.78 is 0.